The predicted molar refractivity (Wildman–Crippen MR) is 94.9 cm³/mol. The summed E-state index contributed by atoms with van der Waals surface area (Å²) in [6, 6.07) is 11.8. The molecule has 6 heteroatoms. The second-order valence-corrected chi connectivity index (χ2v) is 5.51. The van der Waals surface area contributed by atoms with Crippen molar-refractivity contribution in [3.63, 3.8) is 0 Å². The van der Waals surface area contributed by atoms with Crippen LogP contribution in [0.3, 0.4) is 0 Å². The van der Waals surface area contributed by atoms with Crippen LogP contribution in [0.4, 0.5) is 5.69 Å². The van der Waals surface area contributed by atoms with E-state index in [1.165, 1.54) is 14.2 Å². The van der Waals surface area contributed by atoms with Gasteiger partial charge in [0.05, 0.1) is 25.3 Å². The van der Waals surface area contributed by atoms with Crippen LogP contribution in [0.25, 0.3) is 0 Å². The molecule has 2 aromatic carbocycles. The van der Waals surface area contributed by atoms with Gasteiger partial charge in [0.25, 0.3) is 0 Å². The molecular formula is C19H21NO5. The maximum Gasteiger partial charge on any atom is 0.338 e. The van der Waals surface area contributed by atoms with Crippen molar-refractivity contribution in [1.29, 1.82) is 0 Å². The number of benzene rings is 2. The van der Waals surface area contributed by atoms with E-state index in [0.717, 1.165) is 5.69 Å². The van der Waals surface area contributed by atoms with Crippen LogP contribution >= 0.6 is 0 Å². The summed E-state index contributed by atoms with van der Waals surface area (Å²) in [6.45, 7) is -0.367. The standard InChI is InChI=1S/C19H21NO5/c1-20(2)14-7-5-6-13(10-14)19(22)25-12-17(21)16-9-8-15(23-3)11-18(16)24-4/h5-11H,12H2,1-4H3. The Balaban J connectivity index is 2.07. The Labute approximate surface area is 146 Å². The summed E-state index contributed by atoms with van der Waals surface area (Å²) in [5.74, 6) is 0.0436. The Hall–Kier alpha value is -3.02. The van der Waals surface area contributed by atoms with E-state index >= 15 is 0 Å². The number of esters is 1. The fourth-order valence-electron chi connectivity index (χ4n) is 2.23. The lowest BCUT2D eigenvalue weighted by Crippen LogP contribution is -2.16. The van der Waals surface area contributed by atoms with Gasteiger partial charge in [-0.2, -0.15) is 0 Å². The van der Waals surface area contributed by atoms with Crippen molar-refractivity contribution >= 4 is 17.4 Å². The smallest absolute Gasteiger partial charge is 0.338 e. The lowest BCUT2D eigenvalue weighted by atomic mass is 10.1. The second-order valence-electron chi connectivity index (χ2n) is 5.51. The number of rotatable bonds is 7. The van der Waals surface area contributed by atoms with Crippen LogP contribution < -0.4 is 14.4 Å². The Morgan fingerprint density at radius 1 is 1.00 bits per heavy atom. The van der Waals surface area contributed by atoms with Gasteiger partial charge in [0.2, 0.25) is 5.78 Å². The number of Topliss-reactive ketones (excluding diaryl/α,β-unsaturated/α-hetero) is 1. The fraction of sp³-hybridized carbons (Fsp3) is 0.263. The molecular weight excluding hydrogens is 322 g/mol. The first-order valence-corrected chi connectivity index (χ1v) is 7.66. The lowest BCUT2D eigenvalue weighted by Gasteiger charge is -2.13. The number of carbonyl (C=O) groups excluding carboxylic acids is 2. The van der Waals surface area contributed by atoms with Gasteiger partial charge in [-0.1, -0.05) is 6.07 Å². The fourth-order valence-corrected chi connectivity index (χ4v) is 2.23. The third kappa shape index (κ3) is 4.50. The van der Waals surface area contributed by atoms with Crippen molar-refractivity contribution < 1.29 is 23.8 Å². The molecule has 0 saturated heterocycles. The molecule has 0 radical (unpaired) electrons. The maximum absolute atomic E-state index is 12.3. The molecule has 132 valence electrons. The van der Waals surface area contributed by atoms with Crippen LogP contribution in [0.15, 0.2) is 42.5 Å². The molecule has 0 heterocycles. The normalized spacial score (nSPS) is 10.1. The molecule has 0 aliphatic rings. The van der Waals surface area contributed by atoms with E-state index in [-0.39, 0.29) is 12.4 Å². The van der Waals surface area contributed by atoms with Crippen molar-refractivity contribution in [2.45, 2.75) is 0 Å². The number of hydrogen-bond donors (Lipinski definition) is 0. The first-order valence-electron chi connectivity index (χ1n) is 7.66. The number of ether oxygens (including phenoxy) is 3. The highest BCUT2D eigenvalue weighted by Gasteiger charge is 2.16. The molecule has 0 unspecified atom stereocenters. The number of methoxy groups -OCH3 is 2. The second kappa shape index (κ2) is 8.19. The largest absolute Gasteiger partial charge is 0.497 e. The number of ketones is 1. The Kier molecular flexibility index (Phi) is 6.00. The number of anilines is 1. The van der Waals surface area contributed by atoms with E-state index in [1.54, 1.807) is 36.4 Å². The molecule has 0 aliphatic carbocycles. The molecule has 0 spiro atoms. The zero-order valence-electron chi connectivity index (χ0n) is 14.7. The third-order valence-corrected chi connectivity index (χ3v) is 3.64. The highest BCUT2D eigenvalue weighted by atomic mass is 16.5. The molecule has 0 bridgehead atoms. The molecule has 0 aromatic heterocycles. The zero-order valence-corrected chi connectivity index (χ0v) is 14.7. The molecule has 0 fully saturated rings. The summed E-state index contributed by atoms with van der Waals surface area (Å²) in [4.78, 5) is 26.4. The molecule has 6 nitrogen and oxygen atoms in total. The van der Waals surface area contributed by atoms with Gasteiger partial charge in [-0.25, -0.2) is 4.79 Å². The van der Waals surface area contributed by atoms with E-state index in [9.17, 15) is 9.59 Å². The maximum atomic E-state index is 12.3. The molecule has 0 amide bonds. The monoisotopic (exact) mass is 343 g/mol. The van der Waals surface area contributed by atoms with Crippen molar-refractivity contribution in [2.75, 3.05) is 39.8 Å². The molecule has 2 rings (SSSR count). The van der Waals surface area contributed by atoms with Crippen molar-refractivity contribution in [3.8, 4) is 11.5 Å². The highest BCUT2D eigenvalue weighted by Crippen LogP contribution is 2.25. The minimum Gasteiger partial charge on any atom is -0.497 e. The average molecular weight is 343 g/mol. The quantitative estimate of drug-likeness (QED) is 0.569. The van der Waals surface area contributed by atoms with Crippen molar-refractivity contribution in [2.24, 2.45) is 0 Å². The average Bonchev–Trinajstić information content (AvgIpc) is 2.65. The third-order valence-electron chi connectivity index (χ3n) is 3.64. The van der Waals surface area contributed by atoms with Gasteiger partial charge in [0.1, 0.15) is 11.5 Å². The van der Waals surface area contributed by atoms with Gasteiger partial charge in [-0.05, 0) is 30.3 Å². The summed E-state index contributed by atoms with van der Waals surface area (Å²) in [6.07, 6.45) is 0. The van der Waals surface area contributed by atoms with E-state index < -0.39 is 5.97 Å². The summed E-state index contributed by atoms with van der Waals surface area (Å²) in [7, 11) is 6.75. The van der Waals surface area contributed by atoms with Gasteiger partial charge in [0, 0.05) is 25.8 Å². The summed E-state index contributed by atoms with van der Waals surface area (Å²) in [5.41, 5.74) is 1.59. The molecule has 0 saturated carbocycles. The molecule has 0 atom stereocenters. The van der Waals surface area contributed by atoms with Crippen molar-refractivity contribution in [1.82, 2.24) is 0 Å². The minimum atomic E-state index is -0.551. The van der Waals surface area contributed by atoms with E-state index in [4.69, 9.17) is 14.2 Å². The van der Waals surface area contributed by atoms with Crippen molar-refractivity contribution in [3.05, 3.63) is 53.6 Å². The Morgan fingerprint density at radius 3 is 2.40 bits per heavy atom. The molecule has 0 aliphatic heterocycles. The summed E-state index contributed by atoms with van der Waals surface area (Å²) < 4.78 is 15.4. The van der Waals surface area contributed by atoms with Crippen LogP contribution in [0.5, 0.6) is 11.5 Å². The van der Waals surface area contributed by atoms with E-state index in [2.05, 4.69) is 0 Å². The highest BCUT2D eigenvalue weighted by molar-refractivity contribution is 6.01. The van der Waals surface area contributed by atoms with Gasteiger partial charge in [0.15, 0.2) is 6.61 Å². The summed E-state index contributed by atoms with van der Waals surface area (Å²) in [5, 5.41) is 0. The van der Waals surface area contributed by atoms with Crippen LogP contribution in [0.1, 0.15) is 20.7 Å². The lowest BCUT2D eigenvalue weighted by molar-refractivity contribution is 0.0474. The van der Waals surface area contributed by atoms with E-state index in [0.29, 0.717) is 22.6 Å². The SMILES string of the molecule is COc1ccc(C(=O)COC(=O)c2cccc(N(C)C)c2)c(OC)c1. The topological polar surface area (TPSA) is 65.1 Å². The first-order chi connectivity index (χ1) is 12.0. The van der Waals surface area contributed by atoms with E-state index in [1.807, 2.05) is 25.1 Å². The number of hydrogen-bond acceptors (Lipinski definition) is 6. The van der Waals surface area contributed by atoms with Crippen LogP contribution in [0, 0.1) is 0 Å². The zero-order chi connectivity index (χ0) is 18.4. The Morgan fingerprint density at radius 2 is 1.76 bits per heavy atom. The number of nitrogens with zero attached hydrogens (tertiary/aromatic N) is 1. The molecule has 25 heavy (non-hydrogen) atoms. The van der Waals surface area contributed by atoms with Gasteiger partial charge >= 0.3 is 5.97 Å². The summed E-state index contributed by atoms with van der Waals surface area (Å²) >= 11 is 0. The number of carbonyl (C=O) groups is 2. The van der Waals surface area contributed by atoms with Crippen LogP contribution in [-0.4, -0.2) is 46.7 Å². The van der Waals surface area contributed by atoms with Gasteiger partial charge in [-0.3, -0.25) is 4.79 Å². The van der Waals surface area contributed by atoms with Gasteiger partial charge < -0.3 is 19.1 Å². The Bertz CT molecular complexity index is 770. The van der Waals surface area contributed by atoms with Gasteiger partial charge in [-0.15, -0.1) is 0 Å². The molecule has 2 aromatic rings. The van der Waals surface area contributed by atoms with Crippen LogP contribution in [0.2, 0.25) is 0 Å². The van der Waals surface area contributed by atoms with Crippen LogP contribution in [-0.2, 0) is 4.74 Å². The first kappa shape index (κ1) is 18.3. The molecule has 0 N–H and O–H groups in total. The minimum absolute atomic E-state index is 0.332. The predicted octanol–water partition coefficient (Wildman–Crippen LogP) is 2.81.